The molecule has 0 radical (unpaired) electrons. The summed E-state index contributed by atoms with van der Waals surface area (Å²) >= 11 is 0. The van der Waals surface area contributed by atoms with Gasteiger partial charge in [-0.05, 0) is 25.2 Å². The topological polar surface area (TPSA) is 54.4 Å². The fraction of sp³-hybridized carbons (Fsp3) is 1.00. The van der Waals surface area contributed by atoms with E-state index >= 15 is 0 Å². The molecule has 0 aliphatic carbocycles. The zero-order valence-corrected chi connectivity index (χ0v) is 10.0. The summed E-state index contributed by atoms with van der Waals surface area (Å²) in [5.74, 6) is 0.662. The van der Waals surface area contributed by atoms with Crippen LogP contribution in [0.4, 0.5) is 0 Å². The minimum absolute atomic E-state index is 0.107. The predicted octanol–water partition coefficient (Wildman–Crippen LogP) is 1.61. The van der Waals surface area contributed by atoms with Gasteiger partial charge in [0, 0.05) is 12.4 Å². The van der Waals surface area contributed by atoms with Gasteiger partial charge in [0.05, 0.1) is 5.75 Å². The molecule has 1 unspecified atom stereocenters. The molecule has 0 fully saturated rings. The fourth-order valence-corrected chi connectivity index (χ4v) is 3.01. The number of hydrogen-bond donors (Lipinski definition) is 1. The molecule has 86 valence electrons. The lowest BCUT2D eigenvalue weighted by molar-refractivity contribution is 0.214. The maximum absolute atomic E-state index is 11.4. The van der Waals surface area contributed by atoms with Crippen LogP contribution in [-0.2, 0) is 9.84 Å². The summed E-state index contributed by atoms with van der Waals surface area (Å²) in [5, 5.41) is 8.99. The van der Waals surface area contributed by atoms with Crippen molar-refractivity contribution < 1.29 is 13.5 Å². The lowest BCUT2D eigenvalue weighted by atomic mass is 10.0. The fourth-order valence-electron chi connectivity index (χ4n) is 1.49. The molecule has 0 spiro atoms. The Bertz CT molecular complexity index is 222. The quantitative estimate of drug-likeness (QED) is 0.679. The molecule has 3 nitrogen and oxygen atoms in total. The van der Waals surface area contributed by atoms with Crippen molar-refractivity contribution in [2.24, 2.45) is 5.92 Å². The first-order valence-electron chi connectivity index (χ1n) is 5.37. The molecule has 0 bridgehead atoms. The second-order valence-corrected chi connectivity index (χ2v) is 6.08. The molecule has 4 heteroatoms. The Morgan fingerprint density at radius 2 is 1.71 bits per heavy atom. The van der Waals surface area contributed by atoms with Gasteiger partial charge in [-0.15, -0.1) is 0 Å². The van der Waals surface area contributed by atoms with E-state index in [0.29, 0.717) is 12.8 Å². The highest BCUT2D eigenvalue weighted by Crippen LogP contribution is 2.12. The zero-order valence-electron chi connectivity index (χ0n) is 9.20. The highest BCUT2D eigenvalue weighted by atomic mass is 32.2. The van der Waals surface area contributed by atoms with Crippen molar-refractivity contribution in [3.05, 3.63) is 0 Å². The smallest absolute Gasteiger partial charge is 0.150 e. The summed E-state index contributed by atoms with van der Waals surface area (Å²) in [7, 11) is -2.87. The van der Waals surface area contributed by atoms with E-state index < -0.39 is 9.84 Å². The van der Waals surface area contributed by atoms with Gasteiger partial charge in [-0.1, -0.05) is 20.3 Å². The summed E-state index contributed by atoms with van der Waals surface area (Å²) in [6.45, 7) is 4.02. The third-order valence-corrected chi connectivity index (χ3v) is 4.20. The van der Waals surface area contributed by atoms with Crippen LogP contribution in [0.1, 0.15) is 39.5 Å². The summed E-state index contributed by atoms with van der Waals surface area (Å²) in [6.07, 6.45) is 3.20. The van der Waals surface area contributed by atoms with E-state index in [4.69, 9.17) is 5.11 Å². The van der Waals surface area contributed by atoms with Crippen LogP contribution in [0.25, 0.3) is 0 Å². The average molecular weight is 222 g/mol. The van der Waals surface area contributed by atoms with E-state index in [0.717, 1.165) is 12.8 Å². The van der Waals surface area contributed by atoms with Crippen LogP contribution < -0.4 is 0 Å². The van der Waals surface area contributed by atoms with Gasteiger partial charge in [-0.3, -0.25) is 0 Å². The molecular formula is C10H22O3S. The van der Waals surface area contributed by atoms with Gasteiger partial charge in [0.15, 0.2) is 0 Å². The number of sulfone groups is 1. The number of aliphatic hydroxyl groups is 1. The molecule has 0 rings (SSSR count). The molecule has 0 heterocycles. The Labute approximate surface area is 87.4 Å². The highest BCUT2D eigenvalue weighted by molar-refractivity contribution is 7.91. The maximum Gasteiger partial charge on any atom is 0.150 e. The van der Waals surface area contributed by atoms with E-state index in [1.807, 2.05) is 13.8 Å². The van der Waals surface area contributed by atoms with Crippen molar-refractivity contribution in [3.63, 3.8) is 0 Å². The predicted molar refractivity (Wildman–Crippen MR) is 59.0 cm³/mol. The Morgan fingerprint density at radius 3 is 2.14 bits per heavy atom. The standard InChI is InChI=1S/C10H22O3S/c1-3-5-10(9-11)6-8-14(12,13)7-4-2/h10-11H,3-9H2,1-2H3. The van der Waals surface area contributed by atoms with Gasteiger partial charge >= 0.3 is 0 Å². The number of aliphatic hydroxyl groups excluding tert-OH is 1. The molecule has 0 aromatic carbocycles. The van der Waals surface area contributed by atoms with Gasteiger partial charge in [0.1, 0.15) is 9.84 Å². The van der Waals surface area contributed by atoms with Crippen molar-refractivity contribution in [2.75, 3.05) is 18.1 Å². The second kappa shape index (κ2) is 7.23. The minimum Gasteiger partial charge on any atom is -0.396 e. The second-order valence-electron chi connectivity index (χ2n) is 3.78. The first-order chi connectivity index (χ1) is 6.55. The SMILES string of the molecule is CCCC(CO)CCS(=O)(=O)CCC. The maximum atomic E-state index is 11.4. The molecule has 0 saturated heterocycles. The molecule has 0 saturated carbocycles. The third-order valence-electron chi connectivity index (χ3n) is 2.31. The highest BCUT2D eigenvalue weighted by Gasteiger charge is 2.13. The first-order valence-corrected chi connectivity index (χ1v) is 7.19. The van der Waals surface area contributed by atoms with E-state index in [-0.39, 0.29) is 24.0 Å². The van der Waals surface area contributed by atoms with Crippen molar-refractivity contribution >= 4 is 9.84 Å². The normalized spacial score (nSPS) is 14.2. The molecule has 0 aromatic rings. The van der Waals surface area contributed by atoms with Crippen LogP contribution in [-0.4, -0.2) is 31.6 Å². The largest absolute Gasteiger partial charge is 0.396 e. The minimum atomic E-state index is -2.87. The third kappa shape index (κ3) is 6.38. The van der Waals surface area contributed by atoms with Crippen LogP contribution in [0.15, 0.2) is 0 Å². The molecule has 1 N–H and O–H groups in total. The van der Waals surface area contributed by atoms with Crippen LogP contribution >= 0.6 is 0 Å². The summed E-state index contributed by atoms with van der Waals surface area (Å²) in [5.41, 5.74) is 0. The summed E-state index contributed by atoms with van der Waals surface area (Å²) < 4.78 is 22.7. The van der Waals surface area contributed by atoms with E-state index in [1.54, 1.807) is 0 Å². The van der Waals surface area contributed by atoms with Crippen molar-refractivity contribution in [1.82, 2.24) is 0 Å². The first kappa shape index (κ1) is 13.9. The van der Waals surface area contributed by atoms with Gasteiger partial charge in [-0.2, -0.15) is 0 Å². The summed E-state index contributed by atoms with van der Waals surface area (Å²) in [6, 6.07) is 0. The molecular weight excluding hydrogens is 200 g/mol. The molecule has 0 aromatic heterocycles. The van der Waals surface area contributed by atoms with Crippen LogP contribution in [0, 0.1) is 5.92 Å². The number of rotatable bonds is 8. The van der Waals surface area contributed by atoms with Gasteiger partial charge in [0.2, 0.25) is 0 Å². The van der Waals surface area contributed by atoms with Crippen LogP contribution in [0.5, 0.6) is 0 Å². The van der Waals surface area contributed by atoms with E-state index in [2.05, 4.69) is 0 Å². The Hall–Kier alpha value is -0.0900. The number of hydrogen-bond acceptors (Lipinski definition) is 3. The van der Waals surface area contributed by atoms with Gasteiger partial charge in [0.25, 0.3) is 0 Å². The van der Waals surface area contributed by atoms with Crippen molar-refractivity contribution in [2.45, 2.75) is 39.5 Å². The molecule has 14 heavy (non-hydrogen) atoms. The van der Waals surface area contributed by atoms with E-state index in [9.17, 15) is 8.42 Å². The van der Waals surface area contributed by atoms with Gasteiger partial charge in [-0.25, -0.2) is 8.42 Å². The van der Waals surface area contributed by atoms with Crippen molar-refractivity contribution in [3.8, 4) is 0 Å². The van der Waals surface area contributed by atoms with Crippen LogP contribution in [0.3, 0.4) is 0 Å². The average Bonchev–Trinajstić information content (AvgIpc) is 2.12. The zero-order chi connectivity index (χ0) is 11.0. The molecule has 0 amide bonds. The lowest BCUT2D eigenvalue weighted by Crippen LogP contribution is -2.16. The Balaban J connectivity index is 3.89. The van der Waals surface area contributed by atoms with E-state index in [1.165, 1.54) is 0 Å². The van der Waals surface area contributed by atoms with Crippen LogP contribution in [0.2, 0.25) is 0 Å². The molecule has 1 atom stereocenters. The van der Waals surface area contributed by atoms with Crippen molar-refractivity contribution in [1.29, 1.82) is 0 Å². The monoisotopic (exact) mass is 222 g/mol. The molecule has 0 aliphatic rings. The Morgan fingerprint density at radius 1 is 1.07 bits per heavy atom. The van der Waals surface area contributed by atoms with Gasteiger partial charge < -0.3 is 5.11 Å². The lowest BCUT2D eigenvalue weighted by Gasteiger charge is -2.12. The molecule has 0 aliphatic heterocycles. The summed E-state index contributed by atoms with van der Waals surface area (Å²) in [4.78, 5) is 0. The Kier molecular flexibility index (Phi) is 7.19.